The number of amides is 1. The highest BCUT2D eigenvalue weighted by Crippen LogP contribution is 2.36. The maximum Gasteiger partial charge on any atom is 0.232 e. The molecule has 2 aliphatic rings. The van der Waals surface area contributed by atoms with Gasteiger partial charge in [0.05, 0.1) is 0 Å². The van der Waals surface area contributed by atoms with Crippen molar-refractivity contribution in [3.8, 4) is 0 Å². The highest BCUT2D eigenvalue weighted by molar-refractivity contribution is 6.04. The van der Waals surface area contributed by atoms with Crippen LogP contribution in [0.5, 0.6) is 0 Å². The molecule has 4 N–H and O–H groups in total. The first-order chi connectivity index (χ1) is 6.98. The molecule has 0 aliphatic carbocycles. The summed E-state index contributed by atoms with van der Waals surface area (Å²) in [5, 5.41) is 5.83. The lowest BCUT2D eigenvalue weighted by atomic mass is 9.91. The molecule has 2 unspecified atom stereocenters. The maximum absolute atomic E-state index is 11.4. The summed E-state index contributed by atoms with van der Waals surface area (Å²) in [5.74, 6) is -0.723. The number of fused-ring (bicyclic) bond motifs is 1. The zero-order chi connectivity index (χ0) is 11.2. The summed E-state index contributed by atoms with van der Waals surface area (Å²) < 4.78 is 0. The van der Waals surface area contributed by atoms with Gasteiger partial charge in [0.1, 0.15) is 17.4 Å². The van der Waals surface area contributed by atoms with Crippen molar-refractivity contribution < 1.29 is 4.79 Å². The number of hydrogen-bond donors (Lipinski definition) is 2. The quantitative estimate of drug-likeness (QED) is 0.571. The van der Waals surface area contributed by atoms with Crippen LogP contribution in [-0.2, 0) is 4.79 Å². The molecule has 0 aromatic heterocycles. The highest BCUT2D eigenvalue weighted by Gasteiger charge is 2.53. The lowest BCUT2D eigenvalue weighted by Crippen LogP contribution is -2.61. The molecule has 0 spiro atoms. The van der Waals surface area contributed by atoms with Gasteiger partial charge in [0.15, 0.2) is 0 Å². The SMILES string of the molecule is CN1CC=CN2N=C(N)C(C(N)=O)C12C. The second kappa shape index (κ2) is 2.96. The minimum absolute atomic E-state index is 0.281. The first-order valence-electron chi connectivity index (χ1n) is 4.78. The Hall–Kier alpha value is -1.56. The minimum atomic E-state index is -0.565. The summed E-state index contributed by atoms with van der Waals surface area (Å²) in [6, 6.07) is 0. The van der Waals surface area contributed by atoms with Crippen LogP contribution in [0.25, 0.3) is 0 Å². The molecular weight excluding hydrogens is 194 g/mol. The van der Waals surface area contributed by atoms with Gasteiger partial charge in [0.2, 0.25) is 5.91 Å². The number of nitrogens with two attached hydrogens (primary N) is 2. The van der Waals surface area contributed by atoms with Crippen LogP contribution in [0.2, 0.25) is 0 Å². The molecule has 0 saturated heterocycles. The fourth-order valence-electron chi connectivity index (χ4n) is 2.18. The van der Waals surface area contributed by atoms with Crippen molar-refractivity contribution in [2.24, 2.45) is 22.5 Å². The van der Waals surface area contributed by atoms with Crippen molar-refractivity contribution in [3.05, 3.63) is 12.3 Å². The maximum atomic E-state index is 11.4. The topological polar surface area (TPSA) is 87.9 Å². The third-order valence-corrected chi connectivity index (χ3v) is 3.21. The Labute approximate surface area is 88.2 Å². The largest absolute Gasteiger partial charge is 0.385 e. The van der Waals surface area contributed by atoms with Crippen molar-refractivity contribution in [3.63, 3.8) is 0 Å². The smallest absolute Gasteiger partial charge is 0.232 e. The van der Waals surface area contributed by atoms with Gasteiger partial charge in [-0.2, -0.15) is 5.10 Å². The van der Waals surface area contributed by atoms with Gasteiger partial charge in [-0.1, -0.05) is 6.08 Å². The number of hydrogen-bond acceptors (Lipinski definition) is 5. The molecular formula is C9H15N5O. The van der Waals surface area contributed by atoms with Crippen LogP contribution in [0.3, 0.4) is 0 Å². The summed E-state index contributed by atoms with van der Waals surface area (Å²) >= 11 is 0. The third kappa shape index (κ3) is 1.14. The average Bonchev–Trinajstić information content (AvgIpc) is 2.39. The molecule has 6 heteroatoms. The van der Waals surface area contributed by atoms with Crippen molar-refractivity contribution in [1.82, 2.24) is 9.91 Å². The monoisotopic (exact) mass is 209 g/mol. The molecule has 82 valence electrons. The number of carbonyl (C=O) groups is 1. The van der Waals surface area contributed by atoms with E-state index in [0.717, 1.165) is 6.54 Å². The zero-order valence-electron chi connectivity index (χ0n) is 8.84. The Morgan fingerprint density at radius 3 is 3.00 bits per heavy atom. The standard InChI is InChI=1S/C9H15N5O/c1-9-6(8(11)15)7(10)12-14(9)5-3-4-13(9)2/h3,5-6H,4H2,1-2H3,(H2,10,12)(H2,11,15). The van der Waals surface area contributed by atoms with E-state index in [0.29, 0.717) is 0 Å². The van der Waals surface area contributed by atoms with E-state index in [9.17, 15) is 4.79 Å². The summed E-state index contributed by atoms with van der Waals surface area (Å²) in [5.41, 5.74) is 10.5. The molecule has 0 saturated carbocycles. The van der Waals surface area contributed by atoms with Crippen molar-refractivity contribution >= 4 is 11.7 Å². The molecule has 0 radical (unpaired) electrons. The van der Waals surface area contributed by atoms with Crippen LogP contribution in [0.1, 0.15) is 6.92 Å². The fourth-order valence-corrected chi connectivity index (χ4v) is 2.18. The predicted octanol–water partition coefficient (Wildman–Crippen LogP) is -1.15. The number of nitrogens with zero attached hydrogens (tertiary/aromatic N) is 3. The van der Waals surface area contributed by atoms with E-state index in [4.69, 9.17) is 11.5 Å². The second-order valence-corrected chi connectivity index (χ2v) is 4.06. The van der Waals surface area contributed by atoms with E-state index < -0.39 is 17.5 Å². The molecule has 1 amide bonds. The second-order valence-electron chi connectivity index (χ2n) is 4.06. The normalized spacial score (nSPS) is 35.2. The third-order valence-electron chi connectivity index (χ3n) is 3.21. The van der Waals surface area contributed by atoms with Gasteiger partial charge in [-0.15, -0.1) is 0 Å². The zero-order valence-corrected chi connectivity index (χ0v) is 8.84. The molecule has 0 fully saturated rings. The summed E-state index contributed by atoms with van der Waals surface area (Å²) in [6.07, 6.45) is 3.79. The molecule has 0 aromatic carbocycles. The fraction of sp³-hybridized carbons (Fsp3) is 0.556. The van der Waals surface area contributed by atoms with Crippen LogP contribution >= 0.6 is 0 Å². The van der Waals surface area contributed by atoms with E-state index in [1.54, 1.807) is 5.01 Å². The van der Waals surface area contributed by atoms with Gasteiger partial charge in [0.25, 0.3) is 0 Å². The first-order valence-corrected chi connectivity index (χ1v) is 4.78. The van der Waals surface area contributed by atoms with Crippen LogP contribution in [0.4, 0.5) is 0 Å². The lowest BCUT2D eigenvalue weighted by molar-refractivity contribution is -0.127. The van der Waals surface area contributed by atoms with Crippen LogP contribution < -0.4 is 11.5 Å². The summed E-state index contributed by atoms with van der Waals surface area (Å²) in [6.45, 7) is 2.66. The molecule has 2 rings (SSSR count). The Morgan fingerprint density at radius 1 is 1.73 bits per heavy atom. The lowest BCUT2D eigenvalue weighted by Gasteiger charge is -2.44. The van der Waals surface area contributed by atoms with E-state index in [1.807, 2.05) is 31.1 Å². The Kier molecular flexibility index (Phi) is 1.97. The molecule has 2 heterocycles. The molecule has 2 atom stereocenters. The first kappa shape index (κ1) is 9.97. The molecule has 6 nitrogen and oxygen atoms in total. The number of carbonyl (C=O) groups excluding carboxylic acids is 1. The Balaban J connectivity index is 2.46. The van der Waals surface area contributed by atoms with E-state index in [1.165, 1.54) is 0 Å². The molecule has 0 bridgehead atoms. The molecule has 0 aromatic rings. The van der Waals surface area contributed by atoms with E-state index in [2.05, 4.69) is 5.10 Å². The van der Waals surface area contributed by atoms with Gasteiger partial charge in [-0.05, 0) is 14.0 Å². The predicted molar refractivity (Wildman–Crippen MR) is 56.3 cm³/mol. The van der Waals surface area contributed by atoms with E-state index >= 15 is 0 Å². The summed E-state index contributed by atoms with van der Waals surface area (Å²) in [7, 11) is 1.92. The summed E-state index contributed by atoms with van der Waals surface area (Å²) in [4.78, 5) is 13.4. The molecule has 2 aliphatic heterocycles. The van der Waals surface area contributed by atoms with Crippen molar-refractivity contribution in [2.75, 3.05) is 13.6 Å². The van der Waals surface area contributed by atoms with Gasteiger partial charge in [0, 0.05) is 12.7 Å². The number of primary amides is 1. The highest BCUT2D eigenvalue weighted by atomic mass is 16.1. The van der Waals surface area contributed by atoms with Gasteiger partial charge in [-0.3, -0.25) is 9.69 Å². The average molecular weight is 209 g/mol. The Morgan fingerprint density at radius 2 is 2.40 bits per heavy atom. The number of likely N-dealkylation sites (N-methyl/N-ethyl adjacent to an activating group) is 1. The Bertz CT molecular complexity index is 364. The van der Waals surface area contributed by atoms with Crippen LogP contribution in [0, 0.1) is 5.92 Å². The van der Waals surface area contributed by atoms with Gasteiger partial charge < -0.3 is 11.5 Å². The van der Waals surface area contributed by atoms with Crippen molar-refractivity contribution in [1.29, 1.82) is 0 Å². The van der Waals surface area contributed by atoms with E-state index in [-0.39, 0.29) is 5.84 Å². The van der Waals surface area contributed by atoms with Crippen LogP contribution in [0.15, 0.2) is 17.4 Å². The molecule has 15 heavy (non-hydrogen) atoms. The minimum Gasteiger partial charge on any atom is -0.385 e. The number of rotatable bonds is 1. The number of amidine groups is 1. The number of hydrazone groups is 1. The van der Waals surface area contributed by atoms with Gasteiger partial charge in [-0.25, -0.2) is 5.01 Å². The van der Waals surface area contributed by atoms with Crippen molar-refractivity contribution in [2.45, 2.75) is 12.6 Å². The van der Waals surface area contributed by atoms with Gasteiger partial charge >= 0.3 is 0 Å². The van der Waals surface area contributed by atoms with Crippen LogP contribution in [-0.4, -0.2) is 40.9 Å².